The summed E-state index contributed by atoms with van der Waals surface area (Å²) in [4.78, 5) is 31.9. The maximum Gasteiger partial charge on any atom is 0.418 e. The number of halogens is 4. The predicted octanol–water partition coefficient (Wildman–Crippen LogP) is 3.58. The van der Waals surface area contributed by atoms with Crippen LogP contribution in [-0.2, 0) is 27.1 Å². The van der Waals surface area contributed by atoms with Gasteiger partial charge < -0.3 is 15.5 Å². The van der Waals surface area contributed by atoms with Gasteiger partial charge >= 0.3 is 18.1 Å². The first-order valence-corrected chi connectivity index (χ1v) is 8.63. The summed E-state index contributed by atoms with van der Waals surface area (Å²) in [5.74, 6) is -4.16. The standard InChI is InChI=1S/C17H16ClF3N2O.C2H2O4/c1-23(10-12-6-8-13(18)9-7-12)11-16(24)22-15-5-3-2-4-14(15)17(19,20)21;3-1(4)2(5)6/h2-9H,10-11H2,1H3,(H,22,24);(H,3,4)(H,5,6). The number of carbonyl (C=O) groups excluding carboxylic acids is 1. The van der Waals surface area contributed by atoms with Crippen LogP contribution in [0.1, 0.15) is 11.1 Å². The van der Waals surface area contributed by atoms with E-state index >= 15 is 0 Å². The summed E-state index contributed by atoms with van der Waals surface area (Å²) in [6, 6.07) is 12.0. The van der Waals surface area contributed by atoms with E-state index in [1.165, 1.54) is 18.2 Å². The van der Waals surface area contributed by atoms with E-state index in [4.69, 9.17) is 31.4 Å². The Morgan fingerprint density at radius 1 is 1.00 bits per heavy atom. The molecule has 0 bridgehead atoms. The number of hydrogen-bond acceptors (Lipinski definition) is 4. The average molecular weight is 447 g/mol. The number of alkyl halides is 3. The number of carbonyl (C=O) groups is 3. The van der Waals surface area contributed by atoms with Gasteiger partial charge in [0.15, 0.2) is 0 Å². The molecule has 7 nitrogen and oxygen atoms in total. The van der Waals surface area contributed by atoms with E-state index in [0.29, 0.717) is 11.6 Å². The molecule has 0 spiro atoms. The minimum atomic E-state index is -4.51. The number of nitrogens with one attached hydrogen (secondary N) is 1. The maximum absolute atomic E-state index is 12.9. The van der Waals surface area contributed by atoms with Gasteiger partial charge in [0.1, 0.15) is 0 Å². The highest BCUT2D eigenvalue weighted by molar-refractivity contribution is 6.30. The van der Waals surface area contributed by atoms with Crippen molar-refractivity contribution in [3.8, 4) is 0 Å². The minimum Gasteiger partial charge on any atom is -0.473 e. The number of anilines is 1. The van der Waals surface area contributed by atoms with Gasteiger partial charge in [-0.2, -0.15) is 13.2 Å². The van der Waals surface area contributed by atoms with Crippen molar-refractivity contribution >= 4 is 35.1 Å². The van der Waals surface area contributed by atoms with Gasteiger partial charge in [0.25, 0.3) is 0 Å². The SMILES string of the molecule is CN(CC(=O)Nc1ccccc1C(F)(F)F)Cc1ccc(Cl)cc1.O=C(O)C(=O)O. The second-order valence-corrected chi connectivity index (χ2v) is 6.44. The Kier molecular flexibility index (Phi) is 9.28. The molecule has 0 aromatic heterocycles. The van der Waals surface area contributed by atoms with Gasteiger partial charge in [0, 0.05) is 11.6 Å². The van der Waals surface area contributed by atoms with Crippen LogP contribution in [0.25, 0.3) is 0 Å². The molecule has 2 aromatic carbocycles. The molecule has 0 saturated heterocycles. The first-order valence-electron chi connectivity index (χ1n) is 8.25. The third kappa shape index (κ3) is 8.93. The lowest BCUT2D eigenvalue weighted by molar-refractivity contribution is -0.159. The van der Waals surface area contributed by atoms with Crippen LogP contribution >= 0.6 is 11.6 Å². The Bertz CT molecular complexity index is 876. The highest BCUT2D eigenvalue weighted by Crippen LogP contribution is 2.34. The van der Waals surface area contributed by atoms with Crippen LogP contribution in [0, 0.1) is 0 Å². The molecule has 30 heavy (non-hydrogen) atoms. The number of likely N-dealkylation sites (N-methyl/N-ethyl adjacent to an activating group) is 1. The van der Waals surface area contributed by atoms with Crippen molar-refractivity contribution < 1.29 is 37.8 Å². The maximum atomic E-state index is 12.9. The number of aliphatic carboxylic acids is 2. The van der Waals surface area contributed by atoms with E-state index in [2.05, 4.69) is 5.32 Å². The number of rotatable bonds is 5. The normalized spacial score (nSPS) is 10.7. The second-order valence-electron chi connectivity index (χ2n) is 6.00. The van der Waals surface area contributed by atoms with Gasteiger partial charge in [-0.25, -0.2) is 9.59 Å². The number of amides is 1. The van der Waals surface area contributed by atoms with Crippen LogP contribution in [-0.4, -0.2) is 46.6 Å². The van der Waals surface area contributed by atoms with E-state index in [9.17, 15) is 18.0 Å². The molecule has 0 heterocycles. The van der Waals surface area contributed by atoms with E-state index in [0.717, 1.165) is 11.6 Å². The summed E-state index contributed by atoms with van der Waals surface area (Å²) in [6.45, 7) is 0.445. The van der Waals surface area contributed by atoms with Crippen molar-refractivity contribution in [1.29, 1.82) is 0 Å². The molecule has 3 N–H and O–H groups in total. The van der Waals surface area contributed by atoms with Gasteiger partial charge in [-0.15, -0.1) is 0 Å². The predicted molar refractivity (Wildman–Crippen MR) is 103 cm³/mol. The molecule has 162 valence electrons. The molecule has 0 aliphatic carbocycles. The Morgan fingerprint density at radius 3 is 2.03 bits per heavy atom. The van der Waals surface area contributed by atoms with Gasteiger partial charge in [-0.1, -0.05) is 35.9 Å². The topological polar surface area (TPSA) is 107 Å². The Labute approximate surface area is 174 Å². The van der Waals surface area contributed by atoms with Crippen molar-refractivity contribution in [1.82, 2.24) is 4.90 Å². The molecule has 0 aliphatic heterocycles. The smallest absolute Gasteiger partial charge is 0.418 e. The average Bonchev–Trinajstić information content (AvgIpc) is 2.63. The zero-order valence-electron chi connectivity index (χ0n) is 15.6. The number of carboxylic acid groups (broad SMARTS) is 2. The number of para-hydroxylation sites is 1. The molecular weight excluding hydrogens is 429 g/mol. The van der Waals surface area contributed by atoms with Crippen molar-refractivity contribution in [2.75, 3.05) is 18.9 Å². The summed E-state index contributed by atoms with van der Waals surface area (Å²) in [7, 11) is 1.71. The zero-order valence-corrected chi connectivity index (χ0v) is 16.4. The van der Waals surface area contributed by atoms with Gasteiger partial charge in [0.05, 0.1) is 17.8 Å². The largest absolute Gasteiger partial charge is 0.473 e. The van der Waals surface area contributed by atoms with Crippen molar-refractivity contribution in [3.05, 3.63) is 64.7 Å². The van der Waals surface area contributed by atoms with E-state index < -0.39 is 29.6 Å². The zero-order chi connectivity index (χ0) is 22.9. The molecule has 2 aromatic rings. The Balaban J connectivity index is 0.000000656. The fraction of sp³-hybridized carbons (Fsp3) is 0.211. The van der Waals surface area contributed by atoms with Crippen LogP contribution in [0.15, 0.2) is 48.5 Å². The van der Waals surface area contributed by atoms with Crippen molar-refractivity contribution in [2.45, 2.75) is 12.7 Å². The van der Waals surface area contributed by atoms with Crippen LogP contribution in [0.5, 0.6) is 0 Å². The summed E-state index contributed by atoms with van der Waals surface area (Å²) in [5, 5.41) is 17.7. The number of hydrogen-bond donors (Lipinski definition) is 3. The van der Waals surface area contributed by atoms with Crippen LogP contribution in [0.4, 0.5) is 18.9 Å². The third-order valence-electron chi connectivity index (χ3n) is 3.47. The molecule has 0 atom stereocenters. The molecule has 0 unspecified atom stereocenters. The fourth-order valence-electron chi connectivity index (χ4n) is 2.23. The lowest BCUT2D eigenvalue weighted by Crippen LogP contribution is -2.30. The fourth-order valence-corrected chi connectivity index (χ4v) is 2.36. The highest BCUT2D eigenvalue weighted by Gasteiger charge is 2.33. The molecule has 2 rings (SSSR count). The lowest BCUT2D eigenvalue weighted by atomic mass is 10.1. The first kappa shape index (κ1) is 24.9. The molecule has 0 saturated carbocycles. The summed E-state index contributed by atoms with van der Waals surface area (Å²) in [6.07, 6.45) is -4.51. The lowest BCUT2D eigenvalue weighted by Gasteiger charge is -2.18. The summed E-state index contributed by atoms with van der Waals surface area (Å²) < 4.78 is 38.7. The first-order chi connectivity index (χ1) is 13.9. The van der Waals surface area contributed by atoms with E-state index in [-0.39, 0.29) is 12.2 Å². The quantitative estimate of drug-likeness (QED) is 0.606. The number of benzene rings is 2. The van der Waals surface area contributed by atoms with Crippen molar-refractivity contribution in [2.24, 2.45) is 0 Å². The van der Waals surface area contributed by atoms with Gasteiger partial charge in [0.2, 0.25) is 5.91 Å². The molecule has 0 aliphatic rings. The van der Waals surface area contributed by atoms with Crippen LogP contribution in [0.3, 0.4) is 0 Å². The second kappa shape index (κ2) is 11.2. The number of nitrogens with zero attached hydrogens (tertiary/aromatic N) is 1. The molecule has 0 fully saturated rings. The molecule has 0 radical (unpaired) electrons. The Morgan fingerprint density at radius 2 is 1.53 bits per heavy atom. The van der Waals surface area contributed by atoms with Gasteiger partial charge in [-0.05, 0) is 36.9 Å². The summed E-state index contributed by atoms with van der Waals surface area (Å²) in [5.41, 5.74) is -0.154. The highest BCUT2D eigenvalue weighted by atomic mass is 35.5. The van der Waals surface area contributed by atoms with Crippen LogP contribution in [0.2, 0.25) is 5.02 Å². The Hall–Kier alpha value is -3.11. The van der Waals surface area contributed by atoms with E-state index in [1.807, 2.05) is 12.1 Å². The number of carboxylic acids is 2. The van der Waals surface area contributed by atoms with E-state index in [1.54, 1.807) is 24.1 Å². The monoisotopic (exact) mass is 446 g/mol. The van der Waals surface area contributed by atoms with Crippen molar-refractivity contribution in [3.63, 3.8) is 0 Å². The minimum absolute atomic E-state index is 0.0329. The molecule has 1 amide bonds. The summed E-state index contributed by atoms with van der Waals surface area (Å²) >= 11 is 5.80. The van der Waals surface area contributed by atoms with Gasteiger partial charge in [-0.3, -0.25) is 9.69 Å². The molecular formula is C19H18ClF3N2O5. The third-order valence-corrected chi connectivity index (χ3v) is 3.72. The van der Waals surface area contributed by atoms with Crippen LogP contribution < -0.4 is 5.32 Å². The molecule has 11 heteroatoms.